The quantitative estimate of drug-likeness (QED) is 0.451. The molecule has 6 heteroatoms. The maximum Gasteiger partial charge on any atom is 0.311 e. The van der Waals surface area contributed by atoms with Gasteiger partial charge >= 0.3 is 5.69 Å². The van der Waals surface area contributed by atoms with Crippen molar-refractivity contribution < 1.29 is 9.66 Å². The van der Waals surface area contributed by atoms with Crippen LogP contribution in [-0.2, 0) is 0 Å². The van der Waals surface area contributed by atoms with Crippen molar-refractivity contribution in [1.29, 1.82) is 0 Å². The minimum absolute atomic E-state index is 0.0161. The van der Waals surface area contributed by atoms with Gasteiger partial charge in [-0.05, 0) is 39.9 Å². The average Bonchev–Trinajstić information content (AvgIpc) is 2.42. The van der Waals surface area contributed by atoms with Crippen LogP contribution in [0.3, 0.4) is 0 Å². The number of nitro groups is 1. The zero-order valence-electron chi connectivity index (χ0n) is 12.5. The normalized spacial score (nSPS) is 10.9. The van der Waals surface area contributed by atoms with E-state index >= 15 is 0 Å². The summed E-state index contributed by atoms with van der Waals surface area (Å²) in [5, 5.41) is 14.0. The first-order valence-electron chi connectivity index (χ1n) is 6.72. The molecular weight excluding hydrogens is 258 g/mol. The van der Waals surface area contributed by atoms with E-state index in [9.17, 15) is 10.1 Å². The lowest BCUT2D eigenvalue weighted by Crippen LogP contribution is -2.28. The van der Waals surface area contributed by atoms with Gasteiger partial charge < -0.3 is 15.0 Å². The number of nitrogens with zero attached hydrogens (tertiary/aromatic N) is 2. The Hall–Kier alpha value is -1.82. The first-order valence-corrected chi connectivity index (χ1v) is 6.72. The molecule has 0 heterocycles. The third-order valence-electron chi connectivity index (χ3n) is 3.27. The molecule has 0 saturated heterocycles. The van der Waals surface area contributed by atoms with E-state index in [2.05, 4.69) is 31.1 Å². The molecule has 0 aromatic heterocycles. The molecule has 0 bridgehead atoms. The molecule has 0 saturated carbocycles. The summed E-state index contributed by atoms with van der Waals surface area (Å²) < 4.78 is 5.03. The van der Waals surface area contributed by atoms with Gasteiger partial charge in [0.1, 0.15) is 0 Å². The minimum Gasteiger partial charge on any atom is -0.490 e. The van der Waals surface area contributed by atoms with Crippen molar-refractivity contribution in [1.82, 2.24) is 4.90 Å². The summed E-state index contributed by atoms with van der Waals surface area (Å²) in [6, 6.07) is 5.35. The van der Waals surface area contributed by atoms with Crippen molar-refractivity contribution in [2.24, 2.45) is 0 Å². The van der Waals surface area contributed by atoms with Crippen molar-refractivity contribution in [2.45, 2.75) is 26.3 Å². The minimum atomic E-state index is -0.444. The van der Waals surface area contributed by atoms with Crippen molar-refractivity contribution in [3.8, 4) is 5.75 Å². The van der Waals surface area contributed by atoms with Crippen LogP contribution in [0.25, 0.3) is 0 Å². The van der Waals surface area contributed by atoms with E-state index in [0.717, 1.165) is 25.2 Å². The van der Waals surface area contributed by atoms with Gasteiger partial charge in [-0.2, -0.15) is 0 Å². The van der Waals surface area contributed by atoms with E-state index in [0.29, 0.717) is 6.04 Å². The molecule has 1 aromatic rings. The number of benzene rings is 1. The SMILES string of the molecule is COc1cc(NCCCN(C)C(C)C)ccc1[N+](=O)[O-]. The van der Waals surface area contributed by atoms with Crippen LogP contribution in [0.5, 0.6) is 5.75 Å². The van der Waals surface area contributed by atoms with Crippen LogP contribution in [0.1, 0.15) is 20.3 Å². The Kier molecular flexibility index (Phi) is 6.24. The van der Waals surface area contributed by atoms with E-state index in [1.54, 1.807) is 12.1 Å². The first kappa shape index (κ1) is 16.2. The maximum atomic E-state index is 10.8. The Labute approximate surface area is 119 Å². The fraction of sp³-hybridized carbons (Fsp3) is 0.571. The topological polar surface area (TPSA) is 67.6 Å². The lowest BCUT2D eigenvalue weighted by molar-refractivity contribution is -0.385. The van der Waals surface area contributed by atoms with E-state index in [4.69, 9.17) is 4.74 Å². The Morgan fingerprint density at radius 3 is 2.70 bits per heavy atom. The fourth-order valence-electron chi connectivity index (χ4n) is 1.76. The molecule has 6 nitrogen and oxygen atoms in total. The summed E-state index contributed by atoms with van der Waals surface area (Å²) in [6.45, 7) is 6.15. The molecule has 0 aliphatic rings. The number of nitrogens with one attached hydrogen (secondary N) is 1. The highest BCUT2D eigenvalue weighted by Crippen LogP contribution is 2.29. The summed E-state index contributed by atoms with van der Waals surface area (Å²) in [5.41, 5.74) is 0.817. The van der Waals surface area contributed by atoms with Gasteiger partial charge in [0.2, 0.25) is 0 Å². The molecule has 0 spiro atoms. The summed E-state index contributed by atoms with van der Waals surface area (Å²) in [7, 11) is 3.53. The molecule has 0 fully saturated rings. The summed E-state index contributed by atoms with van der Waals surface area (Å²) in [4.78, 5) is 12.6. The van der Waals surface area contributed by atoms with Crippen LogP contribution >= 0.6 is 0 Å². The molecular formula is C14H23N3O3. The zero-order chi connectivity index (χ0) is 15.1. The van der Waals surface area contributed by atoms with Gasteiger partial charge in [-0.1, -0.05) is 0 Å². The smallest absolute Gasteiger partial charge is 0.311 e. The molecule has 0 amide bonds. The van der Waals surface area contributed by atoms with Crippen molar-refractivity contribution >= 4 is 11.4 Å². The van der Waals surface area contributed by atoms with Crippen molar-refractivity contribution in [3.05, 3.63) is 28.3 Å². The average molecular weight is 281 g/mol. The largest absolute Gasteiger partial charge is 0.490 e. The van der Waals surface area contributed by atoms with Crippen LogP contribution in [0, 0.1) is 10.1 Å². The van der Waals surface area contributed by atoms with Gasteiger partial charge in [-0.15, -0.1) is 0 Å². The molecule has 0 unspecified atom stereocenters. The number of methoxy groups -OCH3 is 1. The van der Waals surface area contributed by atoms with Crippen molar-refractivity contribution in [3.63, 3.8) is 0 Å². The molecule has 1 aromatic carbocycles. The van der Waals surface area contributed by atoms with Gasteiger partial charge in [0.25, 0.3) is 0 Å². The molecule has 0 atom stereocenters. The second-order valence-corrected chi connectivity index (χ2v) is 5.00. The van der Waals surface area contributed by atoms with E-state index in [1.807, 2.05) is 0 Å². The first-order chi connectivity index (χ1) is 9.45. The Morgan fingerprint density at radius 2 is 2.15 bits per heavy atom. The van der Waals surface area contributed by atoms with Crippen LogP contribution in [-0.4, -0.2) is 43.1 Å². The van der Waals surface area contributed by atoms with Crippen LogP contribution in [0.2, 0.25) is 0 Å². The van der Waals surface area contributed by atoms with Gasteiger partial charge in [0, 0.05) is 30.4 Å². The van der Waals surface area contributed by atoms with Gasteiger partial charge in [0.15, 0.2) is 5.75 Å². The van der Waals surface area contributed by atoms with E-state index in [1.165, 1.54) is 13.2 Å². The molecule has 1 rings (SSSR count). The van der Waals surface area contributed by atoms with Crippen LogP contribution < -0.4 is 10.1 Å². The fourth-order valence-corrected chi connectivity index (χ4v) is 1.76. The predicted molar refractivity (Wildman–Crippen MR) is 80.5 cm³/mol. The monoisotopic (exact) mass is 281 g/mol. The lowest BCUT2D eigenvalue weighted by atomic mass is 10.2. The third kappa shape index (κ3) is 4.70. The standard InChI is InChI=1S/C14H23N3O3/c1-11(2)16(3)9-5-8-15-12-6-7-13(17(18)19)14(10-12)20-4/h6-7,10-11,15H,5,8-9H2,1-4H3. The van der Waals surface area contributed by atoms with Gasteiger partial charge in [0.05, 0.1) is 12.0 Å². The molecule has 0 aliphatic carbocycles. The molecule has 112 valence electrons. The second-order valence-electron chi connectivity index (χ2n) is 5.00. The predicted octanol–water partition coefficient (Wildman–Crippen LogP) is 2.75. The van der Waals surface area contributed by atoms with Gasteiger partial charge in [-0.25, -0.2) is 0 Å². The molecule has 0 radical (unpaired) electrons. The third-order valence-corrected chi connectivity index (χ3v) is 3.27. The Balaban J connectivity index is 2.51. The van der Waals surface area contributed by atoms with E-state index in [-0.39, 0.29) is 11.4 Å². The number of anilines is 1. The zero-order valence-corrected chi connectivity index (χ0v) is 12.5. The Morgan fingerprint density at radius 1 is 1.45 bits per heavy atom. The number of ether oxygens (including phenoxy) is 1. The number of rotatable bonds is 8. The highest BCUT2D eigenvalue weighted by Gasteiger charge is 2.14. The lowest BCUT2D eigenvalue weighted by Gasteiger charge is -2.20. The summed E-state index contributed by atoms with van der Waals surface area (Å²) in [6.07, 6.45) is 1.01. The molecule has 1 N–H and O–H groups in total. The second kappa shape index (κ2) is 7.69. The number of hydrogen-bond donors (Lipinski definition) is 1. The Bertz CT molecular complexity index is 449. The summed E-state index contributed by atoms with van der Waals surface area (Å²) >= 11 is 0. The highest BCUT2D eigenvalue weighted by atomic mass is 16.6. The molecule has 0 aliphatic heterocycles. The number of nitro benzene ring substituents is 1. The van der Waals surface area contributed by atoms with Crippen molar-refractivity contribution in [2.75, 3.05) is 32.6 Å². The highest BCUT2D eigenvalue weighted by molar-refractivity contribution is 5.57. The summed E-state index contributed by atoms with van der Waals surface area (Å²) in [5.74, 6) is 0.277. The van der Waals surface area contributed by atoms with Gasteiger partial charge in [-0.3, -0.25) is 10.1 Å². The maximum absolute atomic E-state index is 10.8. The molecule has 20 heavy (non-hydrogen) atoms. The van der Waals surface area contributed by atoms with Crippen LogP contribution in [0.4, 0.5) is 11.4 Å². The van der Waals surface area contributed by atoms with E-state index < -0.39 is 4.92 Å². The van der Waals surface area contributed by atoms with Crippen LogP contribution in [0.15, 0.2) is 18.2 Å². The number of hydrogen-bond acceptors (Lipinski definition) is 5.